The summed E-state index contributed by atoms with van der Waals surface area (Å²) in [7, 11) is 4.12. The number of nitrogens with zero attached hydrogens (tertiary/aromatic N) is 5. The van der Waals surface area contributed by atoms with E-state index in [4.69, 9.17) is 4.99 Å². The van der Waals surface area contributed by atoms with Crippen LogP contribution in [0.1, 0.15) is 24.0 Å². The molecule has 0 amide bonds. The Morgan fingerprint density at radius 3 is 2.61 bits per heavy atom. The van der Waals surface area contributed by atoms with Gasteiger partial charge in [-0.3, -0.25) is 0 Å². The molecule has 0 spiro atoms. The quantitative estimate of drug-likeness (QED) is 0.312. The lowest BCUT2D eigenvalue weighted by Crippen LogP contribution is -2.38. The Labute approximate surface area is 184 Å². The number of nitrogens with one attached hydrogen (secondary N) is 1. The van der Waals surface area contributed by atoms with Crippen LogP contribution in [0, 0.1) is 0 Å². The molecule has 7 heteroatoms. The molecule has 0 aliphatic heterocycles. The van der Waals surface area contributed by atoms with Crippen LogP contribution in [0.2, 0.25) is 0 Å². The van der Waals surface area contributed by atoms with Crippen LogP contribution in [0.25, 0.3) is 0 Å². The zero-order valence-corrected chi connectivity index (χ0v) is 19.1. The van der Waals surface area contributed by atoms with Gasteiger partial charge in [0.1, 0.15) is 12.4 Å². The van der Waals surface area contributed by atoms with E-state index < -0.39 is 0 Å². The zero-order chi connectivity index (χ0) is 19.1. The van der Waals surface area contributed by atoms with E-state index in [1.54, 1.807) is 0 Å². The summed E-state index contributed by atoms with van der Waals surface area (Å²) >= 11 is 0. The minimum atomic E-state index is 0. The number of aryl methyl sites for hydroxylation is 1. The molecule has 0 atom stereocenters. The Kier molecular flexibility index (Phi) is 8.56. The van der Waals surface area contributed by atoms with Gasteiger partial charge in [0, 0.05) is 51.5 Å². The molecule has 6 nitrogen and oxygen atoms in total. The van der Waals surface area contributed by atoms with Crippen LogP contribution in [-0.4, -0.2) is 38.6 Å². The third kappa shape index (κ3) is 5.85. The number of halogens is 1. The van der Waals surface area contributed by atoms with Crippen molar-refractivity contribution >= 4 is 29.9 Å². The number of hydrogen-bond donors (Lipinski definition) is 1. The van der Waals surface area contributed by atoms with Crippen molar-refractivity contribution in [3.8, 4) is 0 Å². The minimum Gasteiger partial charge on any atom is -0.357 e. The Morgan fingerprint density at radius 1 is 1.14 bits per heavy atom. The average molecular weight is 492 g/mol. The van der Waals surface area contributed by atoms with Crippen LogP contribution >= 0.6 is 24.0 Å². The highest BCUT2D eigenvalue weighted by molar-refractivity contribution is 14.0. The van der Waals surface area contributed by atoms with Crippen LogP contribution < -0.4 is 5.32 Å². The monoisotopic (exact) mass is 492 g/mol. The fourth-order valence-electron chi connectivity index (χ4n) is 3.01. The van der Waals surface area contributed by atoms with Gasteiger partial charge in [-0.15, -0.1) is 24.0 Å². The van der Waals surface area contributed by atoms with Crippen molar-refractivity contribution in [1.29, 1.82) is 0 Å². The minimum absolute atomic E-state index is 0. The number of hydrogen-bond acceptors (Lipinski definition) is 2. The molecule has 2 heterocycles. The number of aliphatic imine (C=N–C) groups is 1. The number of rotatable bonds is 7. The highest BCUT2D eigenvalue weighted by Crippen LogP contribution is 2.08. The van der Waals surface area contributed by atoms with Gasteiger partial charge in [-0.25, -0.2) is 9.98 Å². The topological polar surface area (TPSA) is 50.4 Å². The van der Waals surface area contributed by atoms with Gasteiger partial charge in [-0.2, -0.15) is 0 Å². The number of guanidine groups is 1. The standard InChI is InChI=1S/C21H28N6.HI/c1-4-22-21(26(3)17-19-11-8-13-25(19)2)24-15-20-23-12-14-27(20)16-18-9-6-5-7-10-18;/h5-14H,4,15-17H2,1-3H3,(H,22,24);1H. The lowest BCUT2D eigenvalue weighted by molar-refractivity contribution is 0.461. The summed E-state index contributed by atoms with van der Waals surface area (Å²) in [6, 6.07) is 14.6. The van der Waals surface area contributed by atoms with Crippen molar-refractivity contribution in [1.82, 2.24) is 24.3 Å². The van der Waals surface area contributed by atoms with E-state index in [-0.39, 0.29) is 24.0 Å². The summed E-state index contributed by atoms with van der Waals surface area (Å²) in [6.45, 7) is 5.06. The molecule has 0 radical (unpaired) electrons. The van der Waals surface area contributed by atoms with Crippen LogP contribution in [0.5, 0.6) is 0 Å². The van der Waals surface area contributed by atoms with E-state index in [1.165, 1.54) is 11.3 Å². The highest BCUT2D eigenvalue weighted by atomic mass is 127. The van der Waals surface area contributed by atoms with Gasteiger partial charge in [0.2, 0.25) is 0 Å². The molecule has 3 rings (SSSR count). The first-order valence-corrected chi connectivity index (χ1v) is 9.31. The fraction of sp³-hybridized carbons (Fsp3) is 0.333. The van der Waals surface area contributed by atoms with E-state index in [0.29, 0.717) is 6.54 Å². The molecule has 1 aromatic carbocycles. The lowest BCUT2D eigenvalue weighted by Gasteiger charge is -2.22. The van der Waals surface area contributed by atoms with Gasteiger partial charge in [0.15, 0.2) is 5.96 Å². The van der Waals surface area contributed by atoms with Gasteiger partial charge in [-0.05, 0) is 24.6 Å². The van der Waals surface area contributed by atoms with Crippen molar-refractivity contribution in [2.45, 2.75) is 26.6 Å². The second-order valence-corrected chi connectivity index (χ2v) is 6.59. The van der Waals surface area contributed by atoms with Crippen LogP contribution in [0.3, 0.4) is 0 Å². The van der Waals surface area contributed by atoms with Gasteiger partial charge in [0.25, 0.3) is 0 Å². The van der Waals surface area contributed by atoms with Crippen molar-refractivity contribution in [3.05, 3.63) is 78.1 Å². The highest BCUT2D eigenvalue weighted by Gasteiger charge is 2.09. The summed E-state index contributed by atoms with van der Waals surface area (Å²) < 4.78 is 4.28. The number of imidazole rings is 1. The molecule has 1 N–H and O–H groups in total. The Morgan fingerprint density at radius 2 is 1.93 bits per heavy atom. The summed E-state index contributed by atoms with van der Waals surface area (Å²) in [5.74, 6) is 1.84. The maximum Gasteiger partial charge on any atom is 0.194 e. The molecule has 0 saturated carbocycles. The third-order valence-corrected chi connectivity index (χ3v) is 4.51. The third-order valence-electron chi connectivity index (χ3n) is 4.51. The first-order valence-electron chi connectivity index (χ1n) is 9.31. The Bertz CT molecular complexity index is 868. The molecule has 0 aliphatic rings. The zero-order valence-electron chi connectivity index (χ0n) is 16.7. The molecule has 0 aliphatic carbocycles. The maximum absolute atomic E-state index is 4.81. The molecule has 0 bridgehead atoms. The van der Waals surface area contributed by atoms with Crippen LogP contribution in [0.4, 0.5) is 0 Å². The SMILES string of the molecule is CCNC(=NCc1nccn1Cc1ccccc1)N(C)Cc1cccn1C.I. The molecule has 0 fully saturated rings. The maximum atomic E-state index is 4.81. The number of aromatic nitrogens is 3. The summed E-state index contributed by atoms with van der Waals surface area (Å²) in [5, 5.41) is 3.38. The molecule has 0 saturated heterocycles. The second-order valence-electron chi connectivity index (χ2n) is 6.59. The molecule has 3 aromatic rings. The predicted molar refractivity (Wildman–Crippen MR) is 125 cm³/mol. The van der Waals surface area contributed by atoms with Gasteiger partial charge >= 0.3 is 0 Å². The molecule has 0 unspecified atom stereocenters. The molecule has 150 valence electrons. The smallest absolute Gasteiger partial charge is 0.194 e. The summed E-state index contributed by atoms with van der Waals surface area (Å²) in [6.07, 6.45) is 5.92. The van der Waals surface area contributed by atoms with E-state index >= 15 is 0 Å². The van der Waals surface area contributed by atoms with E-state index in [0.717, 1.165) is 31.4 Å². The van der Waals surface area contributed by atoms with Crippen molar-refractivity contribution in [2.75, 3.05) is 13.6 Å². The number of benzene rings is 1. The van der Waals surface area contributed by atoms with Crippen molar-refractivity contribution in [2.24, 2.45) is 12.0 Å². The lowest BCUT2D eigenvalue weighted by atomic mass is 10.2. The first kappa shape index (κ1) is 22.0. The van der Waals surface area contributed by atoms with Crippen LogP contribution in [-0.2, 0) is 26.7 Å². The van der Waals surface area contributed by atoms with Crippen LogP contribution in [0.15, 0.2) is 66.0 Å². The van der Waals surface area contributed by atoms with Crippen molar-refractivity contribution < 1.29 is 0 Å². The van der Waals surface area contributed by atoms with E-state index in [2.05, 4.69) is 87.9 Å². The van der Waals surface area contributed by atoms with Gasteiger partial charge in [-0.1, -0.05) is 30.3 Å². The fourth-order valence-corrected chi connectivity index (χ4v) is 3.01. The summed E-state index contributed by atoms with van der Waals surface area (Å²) in [4.78, 5) is 11.4. The normalized spacial score (nSPS) is 11.2. The van der Waals surface area contributed by atoms with Crippen molar-refractivity contribution in [3.63, 3.8) is 0 Å². The average Bonchev–Trinajstić information content (AvgIpc) is 3.28. The Balaban J connectivity index is 0.00000280. The van der Waals surface area contributed by atoms with E-state index in [1.807, 2.05) is 18.5 Å². The molecular weight excluding hydrogens is 463 g/mol. The van der Waals surface area contributed by atoms with Gasteiger partial charge < -0.3 is 19.4 Å². The molecular formula is C21H29IN6. The Hall–Kier alpha value is -2.29. The molecule has 28 heavy (non-hydrogen) atoms. The summed E-state index contributed by atoms with van der Waals surface area (Å²) in [5.41, 5.74) is 2.50. The first-order chi connectivity index (χ1) is 13.2. The molecule has 2 aromatic heterocycles. The second kappa shape index (κ2) is 10.9. The largest absolute Gasteiger partial charge is 0.357 e. The van der Waals surface area contributed by atoms with Gasteiger partial charge in [0.05, 0.1) is 6.54 Å². The predicted octanol–water partition coefficient (Wildman–Crippen LogP) is 3.49. The van der Waals surface area contributed by atoms with E-state index in [9.17, 15) is 0 Å².